The molecule has 1 saturated heterocycles. The Bertz CT molecular complexity index is 1010. The summed E-state index contributed by atoms with van der Waals surface area (Å²) in [6, 6.07) is 12.6. The number of carbonyl (C=O) groups excluding carboxylic acids is 1. The maximum atomic E-state index is 12.8. The van der Waals surface area contributed by atoms with Crippen molar-refractivity contribution in [3.63, 3.8) is 0 Å². The average Bonchev–Trinajstić information content (AvgIpc) is 3.12. The molecular formula is C23H27N3OS. The zero-order valence-electron chi connectivity index (χ0n) is 16.8. The first-order chi connectivity index (χ1) is 13.5. The lowest BCUT2D eigenvalue weighted by Gasteiger charge is -2.31. The minimum atomic E-state index is 0.0209. The molecule has 1 aromatic heterocycles. The largest absolute Gasteiger partial charge is 0.352 e. The van der Waals surface area contributed by atoms with Gasteiger partial charge < -0.3 is 10.2 Å². The van der Waals surface area contributed by atoms with Crippen LogP contribution in [-0.4, -0.2) is 24.0 Å². The number of nitrogens with zero attached hydrogens (tertiary/aromatic N) is 2. The summed E-state index contributed by atoms with van der Waals surface area (Å²) in [6.07, 6.45) is 1.97. The molecule has 0 radical (unpaired) electrons. The molecule has 0 aliphatic carbocycles. The molecule has 146 valence electrons. The molecule has 2 aromatic carbocycles. The predicted molar refractivity (Wildman–Crippen MR) is 117 cm³/mol. The summed E-state index contributed by atoms with van der Waals surface area (Å²) in [7, 11) is 0. The highest BCUT2D eigenvalue weighted by atomic mass is 32.1. The van der Waals surface area contributed by atoms with E-state index in [1.165, 1.54) is 27.0 Å². The van der Waals surface area contributed by atoms with E-state index < -0.39 is 0 Å². The van der Waals surface area contributed by atoms with Gasteiger partial charge in [-0.15, -0.1) is 0 Å². The number of amides is 1. The maximum absolute atomic E-state index is 12.8. The number of rotatable bonds is 4. The number of hydrogen-bond acceptors (Lipinski definition) is 4. The molecule has 1 aliphatic heterocycles. The number of carbonyl (C=O) groups is 1. The third-order valence-electron chi connectivity index (χ3n) is 5.60. The molecule has 1 N–H and O–H groups in total. The topological polar surface area (TPSA) is 45.2 Å². The van der Waals surface area contributed by atoms with Crippen LogP contribution in [0.5, 0.6) is 0 Å². The van der Waals surface area contributed by atoms with E-state index in [4.69, 9.17) is 4.98 Å². The van der Waals surface area contributed by atoms with E-state index >= 15 is 0 Å². The van der Waals surface area contributed by atoms with Crippen molar-refractivity contribution in [3.05, 3.63) is 58.7 Å². The van der Waals surface area contributed by atoms with Crippen molar-refractivity contribution in [1.82, 2.24) is 10.3 Å². The fourth-order valence-corrected chi connectivity index (χ4v) is 5.17. The summed E-state index contributed by atoms with van der Waals surface area (Å²) in [4.78, 5) is 20.0. The number of aromatic nitrogens is 1. The number of aryl methyl sites for hydroxylation is 3. The molecule has 1 fully saturated rings. The number of nitrogens with one attached hydrogen (secondary N) is 1. The summed E-state index contributed by atoms with van der Waals surface area (Å²) in [5, 5.41) is 4.18. The molecule has 4 nitrogen and oxygen atoms in total. The van der Waals surface area contributed by atoms with Gasteiger partial charge in [0.05, 0.1) is 16.1 Å². The number of piperidine rings is 1. The molecule has 2 heterocycles. The molecule has 1 amide bonds. The van der Waals surface area contributed by atoms with Crippen LogP contribution in [-0.2, 0) is 11.3 Å². The van der Waals surface area contributed by atoms with Crippen molar-refractivity contribution in [2.45, 2.75) is 40.2 Å². The van der Waals surface area contributed by atoms with Crippen molar-refractivity contribution >= 4 is 32.6 Å². The van der Waals surface area contributed by atoms with Gasteiger partial charge in [0.15, 0.2) is 5.13 Å². The first-order valence-electron chi connectivity index (χ1n) is 9.96. The minimum Gasteiger partial charge on any atom is -0.352 e. The molecule has 1 unspecified atom stereocenters. The third-order valence-corrected chi connectivity index (χ3v) is 6.66. The molecule has 1 aliphatic rings. The highest BCUT2D eigenvalue weighted by Gasteiger charge is 2.27. The van der Waals surface area contributed by atoms with Crippen LogP contribution in [0.3, 0.4) is 0 Å². The summed E-state index contributed by atoms with van der Waals surface area (Å²) < 4.78 is 1.23. The summed E-state index contributed by atoms with van der Waals surface area (Å²) in [5.41, 5.74) is 5.99. The Labute approximate surface area is 170 Å². The molecule has 1 atom stereocenters. The van der Waals surface area contributed by atoms with Crippen LogP contribution in [0.15, 0.2) is 36.4 Å². The van der Waals surface area contributed by atoms with E-state index in [1.54, 1.807) is 11.3 Å². The lowest BCUT2D eigenvalue weighted by Crippen LogP contribution is -2.43. The zero-order chi connectivity index (χ0) is 19.7. The van der Waals surface area contributed by atoms with Gasteiger partial charge in [-0.3, -0.25) is 4.79 Å². The molecule has 28 heavy (non-hydrogen) atoms. The second kappa shape index (κ2) is 7.92. The molecular weight excluding hydrogens is 366 g/mol. The third kappa shape index (κ3) is 3.90. The summed E-state index contributed by atoms with van der Waals surface area (Å²) in [5.74, 6) is 0.175. The van der Waals surface area contributed by atoms with Gasteiger partial charge in [-0.1, -0.05) is 41.7 Å². The number of benzene rings is 2. The molecule has 4 rings (SSSR count). The SMILES string of the molecule is Cc1cc(C)c2nc(N3CCCC(C(=O)NCc4ccccc4C)C3)sc2c1. The van der Waals surface area contributed by atoms with Gasteiger partial charge in [-0.05, 0) is 61.9 Å². The van der Waals surface area contributed by atoms with Crippen molar-refractivity contribution in [3.8, 4) is 0 Å². The van der Waals surface area contributed by atoms with E-state index in [1.807, 2.05) is 12.1 Å². The maximum Gasteiger partial charge on any atom is 0.225 e. The van der Waals surface area contributed by atoms with E-state index in [2.05, 4.69) is 55.3 Å². The van der Waals surface area contributed by atoms with Gasteiger partial charge in [-0.2, -0.15) is 0 Å². The number of hydrogen-bond donors (Lipinski definition) is 1. The molecule has 3 aromatic rings. The van der Waals surface area contributed by atoms with Gasteiger partial charge in [0.1, 0.15) is 0 Å². The van der Waals surface area contributed by atoms with Crippen LogP contribution < -0.4 is 10.2 Å². The van der Waals surface area contributed by atoms with E-state index in [0.29, 0.717) is 6.54 Å². The highest BCUT2D eigenvalue weighted by Crippen LogP contribution is 2.33. The van der Waals surface area contributed by atoms with Gasteiger partial charge in [-0.25, -0.2) is 4.98 Å². The molecule has 0 spiro atoms. The number of thiazole rings is 1. The summed E-state index contributed by atoms with van der Waals surface area (Å²) >= 11 is 1.74. The Hall–Kier alpha value is -2.40. The normalized spacial score (nSPS) is 17.1. The second-order valence-electron chi connectivity index (χ2n) is 7.85. The van der Waals surface area contributed by atoms with Gasteiger partial charge in [0.2, 0.25) is 5.91 Å². The minimum absolute atomic E-state index is 0.0209. The van der Waals surface area contributed by atoms with Crippen LogP contribution in [0.25, 0.3) is 10.2 Å². The second-order valence-corrected chi connectivity index (χ2v) is 8.86. The Kier molecular flexibility index (Phi) is 5.36. The molecule has 5 heteroatoms. The van der Waals surface area contributed by atoms with Gasteiger partial charge >= 0.3 is 0 Å². The predicted octanol–water partition coefficient (Wildman–Crippen LogP) is 4.75. The lowest BCUT2D eigenvalue weighted by molar-refractivity contribution is -0.125. The smallest absolute Gasteiger partial charge is 0.225 e. The van der Waals surface area contributed by atoms with Crippen molar-refractivity contribution in [2.24, 2.45) is 5.92 Å². The Morgan fingerprint density at radius 3 is 2.86 bits per heavy atom. The van der Waals surface area contributed by atoms with Crippen LogP contribution in [0, 0.1) is 26.7 Å². The Morgan fingerprint density at radius 2 is 2.04 bits per heavy atom. The van der Waals surface area contributed by atoms with Gasteiger partial charge in [0.25, 0.3) is 0 Å². The molecule has 0 saturated carbocycles. The zero-order valence-corrected chi connectivity index (χ0v) is 17.6. The standard InChI is InChI=1S/C23H27N3OS/c1-15-11-17(3)21-20(12-15)28-23(25-21)26-10-6-9-19(14-26)22(27)24-13-18-8-5-4-7-16(18)2/h4-5,7-8,11-12,19H,6,9-10,13-14H2,1-3H3,(H,24,27). The van der Waals surface area contributed by atoms with Crippen LogP contribution in [0.4, 0.5) is 5.13 Å². The summed E-state index contributed by atoms with van der Waals surface area (Å²) in [6.45, 7) is 8.65. The fourth-order valence-electron chi connectivity index (χ4n) is 3.99. The molecule has 0 bridgehead atoms. The quantitative estimate of drug-likeness (QED) is 0.695. The van der Waals surface area contributed by atoms with Crippen LogP contribution >= 0.6 is 11.3 Å². The van der Waals surface area contributed by atoms with Crippen molar-refractivity contribution < 1.29 is 4.79 Å². The van der Waals surface area contributed by atoms with Crippen LogP contribution in [0.2, 0.25) is 0 Å². The van der Waals surface area contributed by atoms with Crippen molar-refractivity contribution in [1.29, 1.82) is 0 Å². The fraction of sp³-hybridized carbons (Fsp3) is 0.391. The lowest BCUT2D eigenvalue weighted by atomic mass is 9.97. The average molecular weight is 394 g/mol. The number of anilines is 1. The number of fused-ring (bicyclic) bond motifs is 1. The van der Waals surface area contributed by atoms with Crippen molar-refractivity contribution in [2.75, 3.05) is 18.0 Å². The Morgan fingerprint density at radius 1 is 1.21 bits per heavy atom. The monoisotopic (exact) mass is 393 g/mol. The first-order valence-corrected chi connectivity index (χ1v) is 10.8. The first kappa shape index (κ1) is 18.9. The van der Waals surface area contributed by atoms with E-state index in [-0.39, 0.29) is 11.8 Å². The highest BCUT2D eigenvalue weighted by molar-refractivity contribution is 7.22. The Balaban J connectivity index is 1.45. The van der Waals surface area contributed by atoms with E-state index in [9.17, 15) is 4.79 Å². The van der Waals surface area contributed by atoms with Crippen LogP contribution in [0.1, 0.15) is 35.1 Å². The van der Waals surface area contributed by atoms with E-state index in [0.717, 1.165) is 36.6 Å². The van der Waals surface area contributed by atoms with Gasteiger partial charge in [0, 0.05) is 19.6 Å².